The van der Waals surface area contributed by atoms with Crippen LogP contribution in [-0.2, 0) is 17.8 Å². The number of aromatic nitrogens is 2. The second-order valence-electron chi connectivity index (χ2n) is 4.43. The highest BCUT2D eigenvalue weighted by Gasteiger charge is 2.14. The number of hydrogen-bond donors (Lipinski definition) is 1. The fraction of sp³-hybridized carbons (Fsp3) is 0.429. The molecule has 0 unspecified atom stereocenters. The van der Waals surface area contributed by atoms with Crippen LogP contribution < -0.4 is 5.32 Å². The molecule has 4 nitrogen and oxygen atoms in total. The van der Waals surface area contributed by atoms with Gasteiger partial charge in [0.05, 0.1) is 5.52 Å². The summed E-state index contributed by atoms with van der Waals surface area (Å²) in [4.78, 5) is 15.9. The molecule has 1 heterocycles. The van der Waals surface area contributed by atoms with Crippen molar-refractivity contribution in [2.75, 3.05) is 12.4 Å². The van der Waals surface area contributed by atoms with Crippen molar-refractivity contribution < 1.29 is 9.18 Å². The van der Waals surface area contributed by atoms with Gasteiger partial charge in [-0.25, -0.2) is 9.37 Å². The third kappa shape index (κ3) is 3.10. The number of aryl methyl sites for hydroxylation is 2. The van der Waals surface area contributed by atoms with Crippen LogP contribution >= 0.6 is 11.6 Å². The number of para-hydroxylation sites is 1. The van der Waals surface area contributed by atoms with E-state index in [1.165, 1.54) is 6.07 Å². The highest BCUT2D eigenvalue weighted by atomic mass is 35.5. The quantitative estimate of drug-likeness (QED) is 0.833. The number of amides is 1. The molecule has 0 aliphatic rings. The van der Waals surface area contributed by atoms with E-state index in [-0.39, 0.29) is 11.7 Å². The molecule has 0 atom stereocenters. The summed E-state index contributed by atoms with van der Waals surface area (Å²) < 4.78 is 15.6. The highest BCUT2D eigenvalue weighted by molar-refractivity contribution is 6.17. The number of nitrogens with one attached hydrogen (secondary N) is 1. The smallest absolute Gasteiger partial charge is 0.221 e. The molecule has 0 fully saturated rings. The van der Waals surface area contributed by atoms with Gasteiger partial charge >= 0.3 is 0 Å². The Balaban J connectivity index is 2.31. The maximum absolute atomic E-state index is 13.8. The zero-order chi connectivity index (χ0) is 14.5. The van der Waals surface area contributed by atoms with E-state index >= 15 is 0 Å². The molecule has 1 aromatic carbocycles. The van der Waals surface area contributed by atoms with Gasteiger partial charge in [-0.3, -0.25) is 4.79 Å². The van der Waals surface area contributed by atoms with Gasteiger partial charge in [-0.15, -0.1) is 11.6 Å². The Morgan fingerprint density at radius 1 is 1.50 bits per heavy atom. The molecule has 0 aliphatic carbocycles. The second kappa shape index (κ2) is 6.70. The molecule has 0 aliphatic heterocycles. The average molecular weight is 298 g/mol. The van der Waals surface area contributed by atoms with Crippen molar-refractivity contribution >= 4 is 28.5 Å². The molecule has 0 bridgehead atoms. The molecule has 0 radical (unpaired) electrons. The molecular formula is C14H17ClFN3O. The molecule has 1 amide bonds. The van der Waals surface area contributed by atoms with Crippen molar-refractivity contribution in [3.63, 3.8) is 0 Å². The molecule has 20 heavy (non-hydrogen) atoms. The van der Waals surface area contributed by atoms with E-state index in [9.17, 15) is 9.18 Å². The first-order valence-electron chi connectivity index (χ1n) is 6.63. The number of benzene rings is 1. The lowest BCUT2D eigenvalue weighted by Gasteiger charge is -2.08. The molecule has 1 aromatic heterocycles. The fourth-order valence-electron chi connectivity index (χ4n) is 2.18. The topological polar surface area (TPSA) is 46.9 Å². The number of fused-ring (bicyclic) bond motifs is 1. The molecule has 0 saturated heterocycles. The number of alkyl halides is 1. The van der Waals surface area contributed by atoms with E-state index in [0.717, 1.165) is 0 Å². The van der Waals surface area contributed by atoms with Gasteiger partial charge in [0.2, 0.25) is 5.91 Å². The first-order chi connectivity index (χ1) is 9.67. The number of nitrogens with zero attached hydrogens (tertiary/aromatic N) is 2. The van der Waals surface area contributed by atoms with E-state index < -0.39 is 0 Å². The SMILES string of the molecule is CCNC(=O)CCn1c(CCCl)nc2c(F)cccc21. The van der Waals surface area contributed by atoms with Gasteiger partial charge in [0.1, 0.15) is 11.3 Å². The molecule has 2 aromatic rings. The first kappa shape index (κ1) is 14.8. The maximum atomic E-state index is 13.8. The van der Waals surface area contributed by atoms with Crippen LogP contribution in [0.3, 0.4) is 0 Å². The summed E-state index contributed by atoms with van der Waals surface area (Å²) in [6.45, 7) is 2.95. The molecule has 2 rings (SSSR count). The predicted molar refractivity (Wildman–Crippen MR) is 77.4 cm³/mol. The van der Waals surface area contributed by atoms with Gasteiger partial charge < -0.3 is 9.88 Å². The normalized spacial score (nSPS) is 10.9. The van der Waals surface area contributed by atoms with Crippen LogP contribution in [0.1, 0.15) is 19.2 Å². The van der Waals surface area contributed by atoms with Crippen molar-refractivity contribution in [1.82, 2.24) is 14.9 Å². The monoisotopic (exact) mass is 297 g/mol. The Morgan fingerprint density at radius 2 is 2.30 bits per heavy atom. The number of carbonyl (C=O) groups excluding carboxylic acids is 1. The molecular weight excluding hydrogens is 281 g/mol. The van der Waals surface area contributed by atoms with Gasteiger partial charge in [-0.05, 0) is 19.1 Å². The standard InChI is InChI=1S/C14H17ClFN3O/c1-2-17-13(20)7-9-19-11-5-3-4-10(16)14(11)18-12(19)6-8-15/h3-5H,2,6-9H2,1H3,(H,17,20). The van der Waals surface area contributed by atoms with Crippen molar-refractivity contribution in [3.05, 3.63) is 29.8 Å². The van der Waals surface area contributed by atoms with Gasteiger partial charge in [-0.2, -0.15) is 0 Å². The van der Waals surface area contributed by atoms with Crippen molar-refractivity contribution in [2.45, 2.75) is 26.3 Å². The Kier molecular flexibility index (Phi) is 4.95. The number of hydrogen-bond acceptors (Lipinski definition) is 2. The third-order valence-corrected chi connectivity index (χ3v) is 3.25. The van der Waals surface area contributed by atoms with Crippen LogP contribution in [0.2, 0.25) is 0 Å². The summed E-state index contributed by atoms with van der Waals surface area (Å²) in [5, 5.41) is 2.75. The lowest BCUT2D eigenvalue weighted by molar-refractivity contribution is -0.121. The van der Waals surface area contributed by atoms with Gasteiger partial charge in [0.25, 0.3) is 0 Å². The zero-order valence-corrected chi connectivity index (χ0v) is 12.1. The van der Waals surface area contributed by atoms with E-state index in [2.05, 4.69) is 10.3 Å². The molecule has 0 spiro atoms. The van der Waals surface area contributed by atoms with E-state index in [4.69, 9.17) is 11.6 Å². The number of rotatable bonds is 6. The summed E-state index contributed by atoms with van der Waals surface area (Å²) in [6.07, 6.45) is 0.885. The Bertz CT molecular complexity index is 612. The molecule has 108 valence electrons. The predicted octanol–water partition coefficient (Wildman–Crippen LogP) is 2.48. The van der Waals surface area contributed by atoms with E-state index in [1.54, 1.807) is 12.1 Å². The van der Waals surface area contributed by atoms with E-state index in [0.29, 0.717) is 48.7 Å². The van der Waals surface area contributed by atoms with Crippen LogP contribution in [-0.4, -0.2) is 27.9 Å². The van der Waals surface area contributed by atoms with Crippen molar-refractivity contribution in [2.24, 2.45) is 0 Å². The minimum absolute atomic E-state index is 0.0254. The minimum atomic E-state index is -0.352. The maximum Gasteiger partial charge on any atom is 0.221 e. The Hall–Kier alpha value is -1.62. The van der Waals surface area contributed by atoms with Gasteiger partial charge in [0.15, 0.2) is 5.82 Å². The molecule has 1 N–H and O–H groups in total. The largest absolute Gasteiger partial charge is 0.356 e. The number of imidazole rings is 1. The van der Waals surface area contributed by atoms with Gasteiger partial charge in [-0.1, -0.05) is 6.07 Å². The number of carbonyl (C=O) groups is 1. The summed E-state index contributed by atoms with van der Waals surface area (Å²) in [5.74, 6) is 0.744. The van der Waals surface area contributed by atoms with Crippen molar-refractivity contribution in [1.29, 1.82) is 0 Å². The Labute approximate surface area is 121 Å². The average Bonchev–Trinajstić information content (AvgIpc) is 2.77. The van der Waals surface area contributed by atoms with Crippen LogP contribution in [0.4, 0.5) is 4.39 Å². The second-order valence-corrected chi connectivity index (χ2v) is 4.81. The van der Waals surface area contributed by atoms with Crippen LogP contribution in [0.25, 0.3) is 11.0 Å². The fourth-order valence-corrected chi connectivity index (χ4v) is 2.35. The minimum Gasteiger partial charge on any atom is -0.356 e. The lowest BCUT2D eigenvalue weighted by Crippen LogP contribution is -2.24. The molecule has 6 heteroatoms. The summed E-state index contributed by atoms with van der Waals surface area (Å²) in [7, 11) is 0. The van der Waals surface area contributed by atoms with Crippen molar-refractivity contribution in [3.8, 4) is 0 Å². The summed E-state index contributed by atoms with van der Waals surface area (Å²) >= 11 is 5.76. The first-order valence-corrected chi connectivity index (χ1v) is 7.17. The molecule has 0 saturated carbocycles. The highest BCUT2D eigenvalue weighted by Crippen LogP contribution is 2.20. The summed E-state index contributed by atoms with van der Waals surface area (Å²) in [5.41, 5.74) is 1.04. The van der Waals surface area contributed by atoms with Gasteiger partial charge in [0, 0.05) is 31.8 Å². The number of halogens is 2. The van der Waals surface area contributed by atoms with E-state index in [1.807, 2.05) is 11.5 Å². The third-order valence-electron chi connectivity index (χ3n) is 3.06. The summed E-state index contributed by atoms with van der Waals surface area (Å²) in [6, 6.07) is 4.83. The van der Waals surface area contributed by atoms with Crippen LogP contribution in [0, 0.1) is 5.82 Å². The van der Waals surface area contributed by atoms with Crippen LogP contribution in [0.15, 0.2) is 18.2 Å². The lowest BCUT2D eigenvalue weighted by atomic mass is 10.3. The Morgan fingerprint density at radius 3 is 3.00 bits per heavy atom. The zero-order valence-electron chi connectivity index (χ0n) is 11.3. The van der Waals surface area contributed by atoms with Crippen LogP contribution in [0.5, 0.6) is 0 Å².